The van der Waals surface area contributed by atoms with E-state index >= 15 is 0 Å². The molecule has 1 unspecified atom stereocenters. The SMILES string of the molecule is Cc1ccc(C)c(C2CNC[C@@H]3CCCN23)c1. The third-order valence-corrected chi connectivity index (χ3v) is 4.33. The number of piperazine rings is 1. The highest BCUT2D eigenvalue weighted by Gasteiger charge is 2.34. The zero-order chi connectivity index (χ0) is 11.8. The lowest BCUT2D eigenvalue weighted by molar-refractivity contribution is 0.137. The number of hydrogen-bond donors (Lipinski definition) is 1. The third kappa shape index (κ3) is 2.00. The number of rotatable bonds is 1. The van der Waals surface area contributed by atoms with Gasteiger partial charge in [-0.2, -0.15) is 0 Å². The fraction of sp³-hybridized carbons (Fsp3) is 0.600. The van der Waals surface area contributed by atoms with Crippen molar-refractivity contribution in [3.05, 3.63) is 34.9 Å². The van der Waals surface area contributed by atoms with Crippen LogP contribution in [0.1, 0.15) is 35.6 Å². The summed E-state index contributed by atoms with van der Waals surface area (Å²) in [6.45, 7) is 8.02. The van der Waals surface area contributed by atoms with Gasteiger partial charge in [0.25, 0.3) is 0 Å². The Morgan fingerprint density at radius 3 is 3.00 bits per heavy atom. The van der Waals surface area contributed by atoms with E-state index in [2.05, 4.69) is 42.3 Å². The zero-order valence-electron chi connectivity index (χ0n) is 10.9. The first-order valence-electron chi connectivity index (χ1n) is 6.79. The van der Waals surface area contributed by atoms with Crippen LogP contribution >= 0.6 is 0 Å². The van der Waals surface area contributed by atoms with E-state index in [1.807, 2.05) is 0 Å². The van der Waals surface area contributed by atoms with E-state index < -0.39 is 0 Å². The van der Waals surface area contributed by atoms with Gasteiger partial charge in [-0.3, -0.25) is 4.90 Å². The summed E-state index contributed by atoms with van der Waals surface area (Å²) >= 11 is 0. The Hall–Kier alpha value is -0.860. The van der Waals surface area contributed by atoms with E-state index in [0.717, 1.165) is 12.6 Å². The summed E-state index contributed by atoms with van der Waals surface area (Å²) in [7, 11) is 0. The van der Waals surface area contributed by atoms with Crippen LogP contribution in [-0.2, 0) is 0 Å². The molecule has 2 saturated heterocycles. The highest BCUT2D eigenvalue weighted by Crippen LogP contribution is 2.33. The number of fused-ring (bicyclic) bond motifs is 1. The minimum absolute atomic E-state index is 0.594. The Balaban J connectivity index is 1.94. The third-order valence-electron chi connectivity index (χ3n) is 4.33. The van der Waals surface area contributed by atoms with Gasteiger partial charge in [-0.05, 0) is 44.4 Å². The predicted octanol–water partition coefficient (Wildman–Crippen LogP) is 2.41. The van der Waals surface area contributed by atoms with Crippen molar-refractivity contribution >= 4 is 0 Å². The molecule has 17 heavy (non-hydrogen) atoms. The van der Waals surface area contributed by atoms with Gasteiger partial charge in [-0.25, -0.2) is 0 Å². The van der Waals surface area contributed by atoms with Gasteiger partial charge >= 0.3 is 0 Å². The lowest BCUT2D eigenvalue weighted by Gasteiger charge is -2.39. The minimum atomic E-state index is 0.594. The molecule has 2 heteroatoms. The van der Waals surface area contributed by atoms with Crippen molar-refractivity contribution in [3.8, 4) is 0 Å². The average molecular weight is 230 g/mol. The van der Waals surface area contributed by atoms with Gasteiger partial charge < -0.3 is 5.32 Å². The van der Waals surface area contributed by atoms with Gasteiger partial charge in [0, 0.05) is 25.2 Å². The Labute approximate surface area is 104 Å². The van der Waals surface area contributed by atoms with Gasteiger partial charge in [0.1, 0.15) is 0 Å². The molecule has 0 spiro atoms. The van der Waals surface area contributed by atoms with Gasteiger partial charge in [0.05, 0.1) is 0 Å². The smallest absolute Gasteiger partial charge is 0.0478 e. The zero-order valence-corrected chi connectivity index (χ0v) is 10.9. The van der Waals surface area contributed by atoms with Crippen molar-refractivity contribution in [1.29, 1.82) is 0 Å². The number of benzene rings is 1. The van der Waals surface area contributed by atoms with E-state index in [9.17, 15) is 0 Å². The summed E-state index contributed by atoms with van der Waals surface area (Å²) in [5, 5.41) is 3.61. The normalized spacial score (nSPS) is 29.3. The molecule has 0 saturated carbocycles. The summed E-state index contributed by atoms with van der Waals surface area (Å²) in [5.41, 5.74) is 4.35. The maximum absolute atomic E-state index is 3.61. The molecule has 1 N–H and O–H groups in total. The second-order valence-electron chi connectivity index (χ2n) is 5.57. The summed E-state index contributed by atoms with van der Waals surface area (Å²) in [4.78, 5) is 2.72. The van der Waals surface area contributed by atoms with Crippen molar-refractivity contribution in [2.45, 2.75) is 38.8 Å². The van der Waals surface area contributed by atoms with Crippen LogP contribution in [0.15, 0.2) is 18.2 Å². The number of nitrogens with zero attached hydrogens (tertiary/aromatic N) is 1. The quantitative estimate of drug-likeness (QED) is 0.797. The Kier molecular flexibility index (Phi) is 2.93. The number of aryl methyl sites for hydroxylation is 2. The molecule has 0 radical (unpaired) electrons. The standard InChI is InChI=1S/C15H22N2/c1-11-5-6-12(2)14(8-11)15-10-16-9-13-4-3-7-17(13)15/h5-6,8,13,15-16H,3-4,7,9-10H2,1-2H3/t13-,15?/m0/s1. The molecule has 2 aliphatic heterocycles. The second kappa shape index (κ2) is 4.43. The first kappa shape index (κ1) is 11.2. The molecular weight excluding hydrogens is 208 g/mol. The molecule has 2 fully saturated rings. The molecule has 2 heterocycles. The highest BCUT2D eigenvalue weighted by atomic mass is 15.3. The van der Waals surface area contributed by atoms with Crippen molar-refractivity contribution in [2.24, 2.45) is 0 Å². The van der Waals surface area contributed by atoms with E-state index in [4.69, 9.17) is 0 Å². The molecule has 2 nitrogen and oxygen atoms in total. The molecule has 92 valence electrons. The van der Waals surface area contributed by atoms with Crippen molar-refractivity contribution in [3.63, 3.8) is 0 Å². The molecule has 0 bridgehead atoms. The topological polar surface area (TPSA) is 15.3 Å². The Morgan fingerprint density at radius 1 is 1.24 bits per heavy atom. The molecule has 1 aromatic carbocycles. The molecule has 2 aliphatic rings. The van der Waals surface area contributed by atoms with Crippen LogP contribution in [0, 0.1) is 13.8 Å². The highest BCUT2D eigenvalue weighted by molar-refractivity contribution is 5.34. The van der Waals surface area contributed by atoms with Crippen LogP contribution in [0.5, 0.6) is 0 Å². The maximum Gasteiger partial charge on any atom is 0.0478 e. The van der Waals surface area contributed by atoms with Crippen molar-refractivity contribution < 1.29 is 0 Å². The van der Waals surface area contributed by atoms with Crippen LogP contribution in [0.4, 0.5) is 0 Å². The maximum atomic E-state index is 3.61. The first-order chi connectivity index (χ1) is 8.25. The van der Waals surface area contributed by atoms with Crippen LogP contribution in [0.25, 0.3) is 0 Å². The monoisotopic (exact) mass is 230 g/mol. The lowest BCUT2D eigenvalue weighted by Crippen LogP contribution is -2.49. The second-order valence-corrected chi connectivity index (χ2v) is 5.57. The van der Waals surface area contributed by atoms with Crippen LogP contribution < -0.4 is 5.32 Å². The lowest BCUT2D eigenvalue weighted by atomic mass is 9.95. The van der Waals surface area contributed by atoms with E-state index in [-0.39, 0.29) is 0 Å². The largest absolute Gasteiger partial charge is 0.313 e. The predicted molar refractivity (Wildman–Crippen MR) is 71.3 cm³/mol. The molecule has 0 aliphatic carbocycles. The fourth-order valence-corrected chi connectivity index (χ4v) is 3.40. The van der Waals surface area contributed by atoms with Crippen LogP contribution in [0.3, 0.4) is 0 Å². The molecule has 3 rings (SSSR count). The van der Waals surface area contributed by atoms with Gasteiger partial charge in [0.2, 0.25) is 0 Å². The minimum Gasteiger partial charge on any atom is -0.313 e. The average Bonchev–Trinajstić information content (AvgIpc) is 2.80. The number of nitrogens with one attached hydrogen (secondary N) is 1. The Morgan fingerprint density at radius 2 is 2.12 bits per heavy atom. The van der Waals surface area contributed by atoms with Crippen LogP contribution in [-0.4, -0.2) is 30.6 Å². The van der Waals surface area contributed by atoms with Gasteiger partial charge in [0.15, 0.2) is 0 Å². The summed E-state index contributed by atoms with van der Waals surface area (Å²) in [5.74, 6) is 0. The molecule has 0 aromatic heterocycles. The summed E-state index contributed by atoms with van der Waals surface area (Å²) < 4.78 is 0. The molecule has 0 amide bonds. The van der Waals surface area contributed by atoms with Crippen molar-refractivity contribution in [2.75, 3.05) is 19.6 Å². The van der Waals surface area contributed by atoms with Gasteiger partial charge in [-0.1, -0.05) is 23.8 Å². The van der Waals surface area contributed by atoms with Crippen molar-refractivity contribution in [1.82, 2.24) is 10.2 Å². The number of hydrogen-bond acceptors (Lipinski definition) is 2. The van der Waals surface area contributed by atoms with Crippen LogP contribution in [0.2, 0.25) is 0 Å². The fourth-order valence-electron chi connectivity index (χ4n) is 3.40. The molecule has 2 atom stereocenters. The first-order valence-corrected chi connectivity index (χ1v) is 6.79. The molecule has 1 aromatic rings. The van der Waals surface area contributed by atoms with E-state index in [1.165, 1.54) is 42.6 Å². The summed E-state index contributed by atoms with van der Waals surface area (Å²) in [6, 6.07) is 8.23. The molecular formula is C15H22N2. The summed E-state index contributed by atoms with van der Waals surface area (Å²) in [6.07, 6.45) is 2.74. The Bertz CT molecular complexity index is 413. The van der Waals surface area contributed by atoms with E-state index in [1.54, 1.807) is 0 Å². The van der Waals surface area contributed by atoms with Gasteiger partial charge in [-0.15, -0.1) is 0 Å². The van der Waals surface area contributed by atoms with E-state index in [0.29, 0.717) is 6.04 Å².